The number of carbonyl (C=O) groups is 2. The van der Waals surface area contributed by atoms with Crippen molar-refractivity contribution >= 4 is 23.3 Å². The minimum Gasteiger partial charge on any atom is -0.352 e. The molecule has 5 nitrogen and oxygen atoms in total. The molecule has 3 aromatic carbocycles. The van der Waals surface area contributed by atoms with Gasteiger partial charge in [0, 0.05) is 30.0 Å². The number of urea groups is 1. The van der Waals surface area contributed by atoms with Gasteiger partial charge >= 0.3 is 6.03 Å². The number of nitrogens with zero attached hydrogens (tertiary/aromatic N) is 1. The van der Waals surface area contributed by atoms with Crippen LogP contribution in [0.2, 0.25) is 0 Å². The molecule has 2 N–H and O–H groups in total. The average Bonchev–Trinajstić information content (AvgIpc) is 2.74. The van der Waals surface area contributed by atoms with Gasteiger partial charge < -0.3 is 10.6 Å². The van der Waals surface area contributed by atoms with Crippen molar-refractivity contribution in [1.29, 1.82) is 0 Å². The zero-order valence-corrected chi connectivity index (χ0v) is 16.5. The second-order valence-electron chi connectivity index (χ2n) is 6.76. The fourth-order valence-electron chi connectivity index (χ4n) is 3.00. The molecule has 3 amide bonds. The smallest absolute Gasteiger partial charge is 0.326 e. The van der Waals surface area contributed by atoms with E-state index < -0.39 is 0 Å². The standard InChI is InChI=1S/C24H25N3O2/c1-19-10-8-13-21(18-19)26-24(29)27(22-14-6-3-7-15-22)17-9-16-25-23(28)20-11-4-2-5-12-20/h2-8,10-15,18H,9,16-17H2,1H3,(H,25,28)(H,26,29). The summed E-state index contributed by atoms with van der Waals surface area (Å²) in [5.74, 6) is -0.110. The van der Waals surface area contributed by atoms with Crippen molar-refractivity contribution in [1.82, 2.24) is 5.32 Å². The molecule has 148 valence electrons. The Hall–Kier alpha value is -3.60. The Bertz CT molecular complexity index is 943. The number of nitrogens with one attached hydrogen (secondary N) is 2. The van der Waals surface area contributed by atoms with Crippen LogP contribution < -0.4 is 15.5 Å². The Labute approximate surface area is 171 Å². The number of para-hydroxylation sites is 1. The minimum atomic E-state index is -0.198. The van der Waals surface area contributed by atoms with E-state index in [1.165, 1.54) is 0 Å². The van der Waals surface area contributed by atoms with Crippen molar-refractivity contribution in [3.8, 4) is 0 Å². The molecular formula is C24H25N3O2. The van der Waals surface area contributed by atoms with Gasteiger partial charge in [0.05, 0.1) is 0 Å². The Kier molecular flexibility index (Phi) is 7.00. The van der Waals surface area contributed by atoms with Crippen molar-refractivity contribution < 1.29 is 9.59 Å². The fraction of sp³-hybridized carbons (Fsp3) is 0.167. The van der Waals surface area contributed by atoms with Crippen LogP contribution in [0.5, 0.6) is 0 Å². The summed E-state index contributed by atoms with van der Waals surface area (Å²) in [6, 6.07) is 26.1. The second kappa shape index (κ2) is 10.1. The van der Waals surface area contributed by atoms with Crippen molar-refractivity contribution in [2.45, 2.75) is 13.3 Å². The Morgan fingerprint density at radius 1 is 0.862 bits per heavy atom. The molecule has 0 saturated heterocycles. The monoisotopic (exact) mass is 387 g/mol. The van der Waals surface area contributed by atoms with Gasteiger partial charge in [-0.25, -0.2) is 4.79 Å². The highest BCUT2D eigenvalue weighted by Crippen LogP contribution is 2.17. The first-order chi connectivity index (χ1) is 14.1. The largest absolute Gasteiger partial charge is 0.352 e. The normalized spacial score (nSPS) is 10.2. The third-order valence-electron chi connectivity index (χ3n) is 4.46. The molecule has 0 spiro atoms. The summed E-state index contributed by atoms with van der Waals surface area (Å²) in [5.41, 5.74) is 3.28. The number of hydrogen-bond acceptors (Lipinski definition) is 2. The predicted octanol–water partition coefficient (Wildman–Crippen LogP) is 4.85. The molecule has 0 bridgehead atoms. The molecule has 3 rings (SSSR count). The highest BCUT2D eigenvalue weighted by atomic mass is 16.2. The van der Waals surface area contributed by atoms with E-state index in [0.717, 1.165) is 16.9 Å². The molecule has 0 aliphatic heterocycles. The van der Waals surface area contributed by atoms with Gasteiger partial charge in [-0.2, -0.15) is 0 Å². The van der Waals surface area contributed by atoms with E-state index in [-0.39, 0.29) is 11.9 Å². The van der Waals surface area contributed by atoms with Crippen molar-refractivity contribution in [2.24, 2.45) is 0 Å². The second-order valence-corrected chi connectivity index (χ2v) is 6.76. The molecule has 0 aliphatic carbocycles. The predicted molar refractivity (Wildman–Crippen MR) is 117 cm³/mol. The molecule has 5 heteroatoms. The first-order valence-corrected chi connectivity index (χ1v) is 9.67. The molecule has 3 aromatic rings. The quantitative estimate of drug-likeness (QED) is 0.569. The number of amides is 3. The maximum Gasteiger partial charge on any atom is 0.326 e. The van der Waals surface area contributed by atoms with Crippen molar-refractivity contribution in [2.75, 3.05) is 23.3 Å². The van der Waals surface area contributed by atoms with Gasteiger partial charge in [0.25, 0.3) is 5.91 Å². The lowest BCUT2D eigenvalue weighted by molar-refractivity contribution is 0.0953. The number of aryl methyl sites for hydroxylation is 1. The maximum atomic E-state index is 12.9. The lowest BCUT2D eigenvalue weighted by atomic mass is 10.2. The SMILES string of the molecule is Cc1cccc(NC(=O)N(CCCNC(=O)c2ccccc2)c2ccccc2)c1. The van der Waals surface area contributed by atoms with E-state index >= 15 is 0 Å². The van der Waals surface area contributed by atoms with E-state index in [2.05, 4.69) is 10.6 Å². The first-order valence-electron chi connectivity index (χ1n) is 9.67. The van der Waals surface area contributed by atoms with Crippen molar-refractivity contribution in [3.05, 3.63) is 96.1 Å². The van der Waals surface area contributed by atoms with Crippen LogP contribution in [0, 0.1) is 6.92 Å². The van der Waals surface area contributed by atoms with E-state index in [0.29, 0.717) is 25.1 Å². The summed E-state index contributed by atoms with van der Waals surface area (Å²) in [6.45, 7) is 2.95. The van der Waals surface area contributed by atoms with Crippen LogP contribution >= 0.6 is 0 Å². The molecule has 0 heterocycles. The van der Waals surface area contributed by atoms with Gasteiger partial charge in [0.15, 0.2) is 0 Å². The highest BCUT2D eigenvalue weighted by Gasteiger charge is 2.16. The summed E-state index contributed by atoms with van der Waals surface area (Å²) in [5, 5.41) is 5.86. The maximum absolute atomic E-state index is 12.9. The Balaban J connectivity index is 1.60. The van der Waals surface area contributed by atoms with Crippen LogP contribution in [0.15, 0.2) is 84.9 Å². The molecule has 0 radical (unpaired) electrons. The molecule has 0 aliphatic rings. The van der Waals surface area contributed by atoms with Crippen LogP contribution in [0.4, 0.5) is 16.2 Å². The van der Waals surface area contributed by atoms with Crippen LogP contribution in [-0.2, 0) is 0 Å². The highest BCUT2D eigenvalue weighted by molar-refractivity contribution is 6.01. The van der Waals surface area contributed by atoms with Gasteiger partial charge in [-0.15, -0.1) is 0 Å². The Morgan fingerprint density at radius 3 is 2.24 bits per heavy atom. The summed E-state index contributed by atoms with van der Waals surface area (Å²) < 4.78 is 0. The number of benzene rings is 3. The number of anilines is 2. The Morgan fingerprint density at radius 2 is 1.55 bits per heavy atom. The number of hydrogen-bond donors (Lipinski definition) is 2. The van der Waals surface area contributed by atoms with E-state index in [1.807, 2.05) is 79.7 Å². The summed E-state index contributed by atoms with van der Waals surface area (Å²) in [4.78, 5) is 26.8. The van der Waals surface area contributed by atoms with Gasteiger partial charge in [0.2, 0.25) is 0 Å². The number of carbonyl (C=O) groups excluding carboxylic acids is 2. The summed E-state index contributed by atoms with van der Waals surface area (Å²) in [7, 11) is 0. The van der Waals surface area contributed by atoms with Gasteiger partial charge in [-0.05, 0) is 55.3 Å². The topological polar surface area (TPSA) is 61.4 Å². The zero-order valence-electron chi connectivity index (χ0n) is 16.5. The molecule has 29 heavy (non-hydrogen) atoms. The molecule has 0 atom stereocenters. The molecule has 0 aromatic heterocycles. The molecular weight excluding hydrogens is 362 g/mol. The third-order valence-corrected chi connectivity index (χ3v) is 4.46. The molecule has 0 unspecified atom stereocenters. The first kappa shape index (κ1) is 20.1. The van der Waals surface area contributed by atoms with E-state index in [1.54, 1.807) is 17.0 Å². The van der Waals surface area contributed by atoms with E-state index in [4.69, 9.17) is 0 Å². The summed E-state index contributed by atoms with van der Waals surface area (Å²) >= 11 is 0. The number of rotatable bonds is 7. The van der Waals surface area contributed by atoms with Crippen LogP contribution in [-0.4, -0.2) is 25.0 Å². The molecule has 0 saturated carbocycles. The fourth-order valence-corrected chi connectivity index (χ4v) is 3.00. The van der Waals surface area contributed by atoms with Crippen LogP contribution in [0.1, 0.15) is 22.3 Å². The van der Waals surface area contributed by atoms with Crippen LogP contribution in [0.3, 0.4) is 0 Å². The summed E-state index contributed by atoms with van der Waals surface area (Å²) in [6.07, 6.45) is 0.634. The minimum absolute atomic E-state index is 0.110. The lowest BCUT2D eigenvalue weighted by Gasteiger charge is -2.23. The van der Waals surface area contributed by atoms with Gasteiger partial charge in [-0.3, -0.25) is 9.69 Å². The van der Waals surface area contributed by atoms with Gasteiger partial charge in [-0.1, -0.05) is 48.5 Å². The average molecular weight is 387 g/mol. The third kappa shape index (κ3) is 5.94. The van der Waals surface area contributed by atoms with Gasteiger partial charge in [0.1, 0.15) is 0 Å². The van der Waals surface area contributed by atoms with Crippen molar-refractivity contribution in [3.63, 3.8) is 0 Å². The molecule has 0 fully saturated rings. The van der Waals surface area contributed by atoms with E-state index in [9.17, 15) is 9.59 Å². The lowest BCUT2D eigenvalue weighted by Crippen LogP contribution is -2.37. The zero-order chi connectivity index (χ0) is 20.5. The van der Waals surface area contributed by atoms with Crippen LogP contribution in [0.25, 0.3) is 0 Å².